The Morgan fingerprint density at radius 1 is 1.29 bits per heavy atom. The Morgan fingerprint density at radius 2 is 2.00 bits per heavy atom. The summed E-state index contributed by atoms with van der Waals surface area (Å²) in [5.74, 6) is -0.992. The van der Waals surface area contributed by atoms with Crippen LogP contribution in [0.1, 0.15) is 22.8 Å². The number of hydrogen-bond donors (Lipinski definition) is 1. The predicted octanol–water partition coefficient (Wildman–Crippen LogP) is 4.60. The van der Waals surface area contributed by atoms with Crippen LogP contribution < -0.4 is 5.32 Å². The van der Waals surface area contributed by atoms with E-state index in [1.54, 1.807) is 18.2 Å². The topological polar surface area (TPSA) is 29.1 Å². The fraction of sp³-hybridized carbons (Fsp3) is 0.188. The Balaban J connectivity index is 2.06. The molecular formula is C16H14BrClFNO. The van der Waals surface area contributed by atoms with E-state index in [-0.39, 0.29) is 16.1 Å². The van der Waals surface area contributed by atoms with Crippen molar-refractivity contribution >= 4 is 33.4 Å². The second-order valence-corrected chi connectivity index (χ2v) is 6.03. The molecule has 5 heteroatoms. The molecule has 2 nitrogen and oxygen atoms in total. The van der Waals surface area contributed by atoms with Gasteiger partial charge in [0.1, 0.15) is 5.82 Å². The molecule has 0 aromatic heterocycles. The summed E-state index contributed by atoms with van der Waals surface area (Å²) in [6.45, 7) is 1.86. The van der Waals surface area contributed by atoms with E-state index >= 15 is 0 Å². The van der Waals surface area contributed by atoms with Crippen molar-refractivity contribution in [3.8, 4) is 0 Å². The minimum atomic E-state index is -0.556. The fourth-order valence-electron chi connectivity index (χ4n) is 2.03. The van der Waals surface area contributed by atoms with Gasteiger partial charge in [0.15, 0.2) is 0 Å². The smallest absolute Gasteiger partial charge is 0.254 e. The van der Waals surface area contributed by atoms with Crippen molar-refractivity contribution in [2.24, 2.45) is 0 Å². The van der Waals surface area contributed by atoms with Crippen LogP contribution in [-0.2, 0) is 6.42 Å². The van der Waals surface area contributed by atoms with Crippen molar-refractivity contribution in [3.63, 3.8) is 0 Å². The number of benzene rings is 2. The summed E-state index contributed by atoms with van der Waals surface area (Å²) >= 11 is 9.16. The van der Waals surface area contributed by atoms with Crippen LogP contribution in [0.2, 0.25) is 5.02 Å². The van der Waals surface area contributed by atoms with Crippen molar-refractivity contribution in [2.75, 3.05) is 0 Å². The summed E-state index contributed by atoms with van der Waals surface area (Å²) < 4.78 is 14.1. The van der Waals surface area contributed by atoms with E-state index in [0.717, 1.165) is 5.56 Å². The van der Waals surface area contributed by atoms with Gasteiger partial charge in [-0.3, -0.25) is 4.79 Å². The quantitative estimate of drug-likeness (QED) is 0.837. The maximum atomic E-state index is 13.9. The Kier molecular flexibility index (Phi) is 5.37. The number of halogens is 3. The number of carbonyl (C=O) groups is 1. The van der Waals surface area contributed by atoms with Crippen LogP contribution in [0, 0.1) is 5.82 Å². The largest absolute Gasteiger partial charge is 0.349 e. The summed E-state index contributed by atoms with van der Waals surface area (Å²) in [5, 5.41) is 3.44. The van der Waals surface area contributed by atoms with Gasteiger partial charge in [0, 0.05) is 11.1 Å². The lowest BCUT2D eigenvalue weighted by atomic mass is 10.1. The predicted molar refractivity (Wildman–Crippen MR) is 86.2 cm³/mol. The monoisotopic (exact) mass is 369 g/mol. The minimum absolute atomic E-state index is 0.0235. The molecule has 0 bridgehead atoms. The molecule has 1 unspecified atom stereocenters. The van der Waals surface area contributed by atoms with Gasteiger partial charge in [0.05, 0.1) is 10.0 Å². The van der Waals surface area contributed by atoms with Crippen molar-refractivity contribution < 1.29 is 9.18 Å². The zero-order valence-electron chi connectivity index (χ0n) is 11.4. The molecule has 0 heterocycles. The van der Waals surface area contributed by atoms with Crippen molar-refractivity contribution in [2.45, 2.75) is 19.4 Å². The number of rotatable bonds is 4. The first kappa shape index (κ1) is 16.0. The Bertz CT molecular complexity index is 662. The zero-order valence-corrected chi connectivity index (χ0v) is 13.7. The Labute approximate surface area is 136 Å². The number of carbonyl (C=O) groups excluding carboxylic acids is 1. The summed E-state index contributed by atoms with van der Waals surface area (Å²) in [5.41, 5.74) is 0.970. The molecule has 0 saturated carbocycles. The highest BCUT2D eigenvalue weighted by Gasteiger charge is 2.16. The van der Waals surface area contributed by atoms with E-state index in [1.807, 2.05) is 25.1 Å². The lowest BCUT2D eigenvalue weighted by Gasteiger charge is -2.15. The van der Waals surface area contributed by atoms with Crippen molar-refractivity contribution in [1.29, 1.82) is 0 Å². The van der Waals surface area contributed by atoms with Crippen LogP contribution in [0.3, 0.4) is 0 Å². The molecule has 0 aliphatic carbocycles. The normalized spacial score (nSPS) is 12.0. The molecule has 0 aliphatic heterocycles. The Morgan fingerprint density at radius 3 is 2.71 bits per heavy atom. The van der Waals surface area contributed by atoms with Crippen LogP contribution in [0.25, 0.3) is 0 Å². The van der Waals surface area contributed by atoms with Gasteiger partial charge in [-0.25, -0.2) is 4.39 Å². The highest BCUT2D eigenvalue weighted by atomic mass is 79.9. The molecule has 2 aromatic rings. The van der Waals surface area contributed by atoms with Crippen LogP contribution in [-0.4, -0.2) is 11.9 Å². The van der Waals surface area contributed by atoms with E-state index < -0.39 is 11.7 Å². The first-order valence-corrected chi connectivity index (χ1v) is 7.64. The Hall–Kier alpha value is -1.39. The van der Waals surface area contributed by atoms with Gasteiger partial charge in [-0.15, -0.1) is 0 Å². The molecule has 0 fully saturated rings. The third-order valence-corrected chi connectivity index (χ3v) is 4.04. The van der Waals surface area contributed by atoms with E-state index in [9.17, 15) is 9.18 Å². The maximum absolute atomic E-state index is 13.9. The van der Waals surface area contributed by atoms with Gasteiger partial charge >= 0.3 is 0 Å². The number of nitrogens with one attached hydrogen (secondary N) is 1. The van der Waals surface area contributed by atoms with Gasteiger partial charge in [0.2, 0.25) is 0 Å². The standard InChI is InChI=1S/C16H14BrClFNO/c1-10(9-11-5-2-3-8-14(11)18)20-16(21)12-6-4-7-13(17)15(12)19/h2-8,10H,9H2,1H3,(H,20,21). The zero-order chi connectivity index (χ0) is 15.4. The third kappa shape index (κ3) is 4.05. The molecule has 0 spiro atoms. The molecule has 21 heavy (non-hydrogen) atoms. The first-order valence-electron chi connectivity index (χ1n) is 6.47. The number of hydrogen-bond acceptors (Lipinski definition) is 1. The summed E-state index contributed by atoms with van der Waals surface area (Å²) in [6, 6.07) is 11.9. The second-order valence-electron chi connectivity index (χ2n) is 4.77. The third-order valence-electron chi connectivity index (χ3n) is 3.06. The van der Waals surface area contributed by atoms with Crippen LogP contribution in [0.15, 0.2) is 46.9 Å². The molecule has 2 aromatic carbocycles. The van der Waals surface area contributed by atoms with E-state index in [2.05, 4.69) is 21.2 Å². The van der Waals surface area contributed by atoms with E-state index in [1.165, 1.54) is 6.07 Å². The average molecular weight is 371 g/mol. The molecule has 110 valence electrons. The van der Waals surface area contributed by atoms with Gasteiger partial charge in [0.25, 0.3) is 5.91 Å². The van der Waals surface area contributed by atoms with Crippen LogP contribution in [0.4, 0.5) is 4.39 Å². The lowest BCUT2D eigenvalue weighted by Crippen LogP contribution is -2.34. The van der Waals surface area contributed by atoms with Gasteiger partial charge in [-0.1, -0.05) is 35.9 Å². The molecule has 2 rings (SSSR count). The average Bonchev–Trinajstić information content (AvgIpc) is 2.44. The SMILES string of the molecule is CC(Cc1ccccc1Cl)NC(=O)c1cccc(Br)c1F. The molecule has 1 atom stereocenters. The highest BCUT2D eigenvalue weighted by Crippen LogP contribution is 2.19. The van der Waals surface area contributed by atoms with Crippen molar-refractivity contribution in [3.05, 3.63) is 68.9 Å². The fourth-order valence-corrected chi connectivity index (χ4v) is 2.60. The summed E-state index contributed by atoms with van der Waals surface area (Å²) in [7, 11) is 0. The molecular weight excluding hydrogens is 357 g/mol. The molecule has 1 amide bonds. The van der Waals surface area contributed by atoms with Gasteiger partial charge < -0.3 is 5.32 Å². The lowest BCUT2D eigenvalue weighted by molar-refractivity contribution is 0.0936. The van der Waals surface area contributed by atoms with E-state index in [0.29, 0.717) is 11.4 Å². The number of amides is 1. The van der Waals surface area contributed by atoms with Crippen LogP contribution in [0.5, 0.6) is 0 Å². The maximum Gasteiger partial charge on any atom is 0.254 e. The van der Waals surface area contributed by atoms with Gasteiger partial charge in [-0.2, -0.15) is 0 Å². The second kappa shape index (κ2) is 7.05. The summed E-state index contributed by atoms with van der Waals surface area (Å²) in [4.78, 5) is 12.1. The first-order chi connectivity index (χ1) is 9.99. The molecule has 0 saturated heterocycles. The summed E-state index contributed by atoms with van der Waals surface area (Å²) in [6.07, 6.45) is 0.584. The van der Waals surface area contributed by atoms with Crippen LogP contribution >= 0.6 is 27.5 Å². The molecule has 0 radical (unpaired) electrons. The van der Waals surface area contributed by atoms with Crippen molar-refractivity contribution in [1.82, 2.24) is 5.32 Å². The van der Waals surface area contributed by atoms with E-state index in [4.69, 9.17) is 11.6 Å². The minimum Gasteiger partial charge on any atom is -0.349 e. The molecule has 0 aliphatic rings. The van der Waals surface area contributed by atoms with Gasteiger partial charge in [-0.05, 0) is 53.0 Å². The molecule has 1 N–H and O–H groups in total. The highest BCUT2D eigenvalue weighted by molar-refractivity contribution is 9.10.